The number of halogens is 1. The molecule has 128 valence electrons. The highest BCUT2D eigenvalue weighted by Gasteiger charge is 2.31. The summed E-state index contributed by atoms with van der Waals surface area (Å²) in [5.74, 6) is 0.176. The molecular formula is C15H22ClN3O3S. The average molecular weight is 360 g/mol. The van der Waals surface area contributed by atoms with Gasteiger partial charge in [-0.05, 0) is 56.6 Å². The van der Waals surface area contributed by atoms with Crippen LogP contribution in [0.3, 0.4) is 0 Å². The molecule has 1 unspecified atom stereocenters. The van der Waals surface area contributed by atoms with Crippen LogP contribution in [0.5, 0.6) is 0 Å². The molecule has 2 N–H and O–H groups in total. The highest BCUT2D eigenvalue weighted by atomic mass is 35.5. The van der Waals surface area contributed by atoms with Crippen LogP contribution in [0.15, 0.2) is 23.1 Å². The summed E-state index contributed by atoms with van der Waals surface area (Å²) in [5, 5.41) is 3.26. The van der Waals surface area contributed by atoms with Gasteiger partial charge in [0.05, 0.1) is 10.8 Å². The number of piperidine rings is 1. The number of carbonyl (C=O) groups is 1. The summed E-state index contributed by atoms with van der Waals surface area (Å²) in [7, 11) is -2.04. The lowest BCUT2D eigenvalue weighted by atomic mass is 9.98. The molecule has 3 rings (SSSR count). The summed E-state index contributed by atoms with van der Waals surface area (Å²) < 4.78 is 26.0. The Morgan fingerprint density at radius 1 is 1.39 bits per heavy atom. The van der Waals surface area contributed by atoms with Gasteiger partial charge < -0.3 is 10.2 Å². The Balaban J connectivity index is 0.00000192. The molecule has 2 aliphatic heterocycles. The molecular weight excluding hydrogens is 338 g/mol. The van der Waals surface area contributed by atoms with Gasteiger partial charge in [0, 0.05) is 18.8 Å². The minimum atomic E-state index is -3.44. The number of nitrogens with one attached hydrogen (secondary N) is 2. The van der Waals surface area contributed by atoms with Gasteiger partial charge in [-0.1, -0.05) is 0 Å². The molecule has 1 aromatic carbocycles. The van der Waals surface area contributed by atoms with E-state index in [1.54, 1.807) is 18.2 Å². The molecule has 0 bridgehead atoms. The van der Waals surface area contributed by atoms with E-state index in [1.807, 2.05) is 4.90 Å². The van der Waals surface area contributed by atoms with Crippen molar-refractivity contribution in [2.24, 2.45) is 5.92 Å². The first kappa shape index (κ1) is 18.2. The number of sulfonamides is 1. The van der Waals surface area contributed by atoms with E-state index in [4.69, 9.17) is 0 Å². The zero-order chi connectivity index (χ0) is 15.7. The number of hydrogen-bond donors (Lipinski definition) is 2. The number of nitrogens with zero attached hydrogens (tertiary/aromatic N) is 1. The van der Waals surface area contributed by atoms with Crippen molar-refractivity contribution in [3.63, 3.8) is 0 Å². The number of anilines is 1. The molecule has 0 aromatic heterocycles. The number of hydrogen-bond acceptors (Lipinski definition) is 4. The van der Waals surface area contributed by atoms with E-state index >= 15 is 0 Å². The van der Waals surface area contributed by atoms with E-state index < -0.39 is 10.0 Å². The highest BCUT2D eigenvalue weighted by molar-refractivity contribution is 7.89. The second-order valence-corrected chi connectivity index (χ2v) is 7.67. The van der Waals surface area contributed by atoms with Gasteiger partial charge in [0.25, 0.3) is 0 Å². The second kappa shape index (κ2) is 7.17. The van der Waals surface area contributed by atoms with Crippen LogP contribution >= 0.6 is 12.4 Å². The maximum atomic E-state index is 12.7. The smallest absolute Gasteiger partial charge is 0.240 e. The molecule has 1 saturated heterocycles. The van der Waals surface area contributed by atoms with E-state index in [1.165, 1.54) is 7.05 Å². The standard InChI is InChI=1S/C15H21N3O3S.ClH/c1-16-22(20,21)13-4-5-14-11(9-13)6-8-18(14)15(19)12-3-2-7-17-10-12;/h4-5,9,12,16-17H,2-3,6-8,10H2,1H3;1H. The van der Waals surface area contributed by atoms with E-state index in [9.17, 15) is 13.2 Å². The van der Waals surface area contributed by atoms with Crippen molar-refractivity contribution in [3.8, 4) is 0 Å². The van der Waals surface area contributed by atoms with Gasteiger partial charge in [0.2, 0.25) is 15.9 Å². The monoisotopic (exact) mass is 359 g/mol. The van der Waals surface area contributed by atoms with Gasteiger partial charge in [-0.25, -0.2) is 13.1 Å². The fourth-order valence-electron chi connectivity index (χ4n) is 3.18. The van der Waals surface area contributed by atoms with Gasteiger partial charge in [-0.3, -0.25) is 4.79 Å². The molecule has 0 spiro atoms. The first-order chi connectivity index (χ1) is 10.5. The molecule has 1 atom stereocenters. The molecule has 0 aliphatic carbocycles. The maximum absolute atomic E-state index is 12.7. The first-order valence-corrected chi connectivity index (χ1v) is 9.10. The molecule has 1 aromatic rings. The fraction of sp³-hybridized carbons (Fsp3) is 0.533. The van der Waals surface area contributed by atoms with Gasteiger partial charge >= 0.3 is 0 Å². The number of carbonyl (C=O) groups excluding carboxylic acids is 1. The Morgan fingerprint density at radius 3 is 2.83 bits per heavy atom. The third-order valence-electron chi connectivity index (χ3n) is 4.44. The third kappa shape index (κ3) is 3.52. The zero-order valence-corrected chi connectivity index (χ0v) is 14.7. The number of rotatable bonds is 3. The average Bonchev–Trinajstić information content (AvgIpc) is 2.98. The minimum Gasteiger partial charge on any atom is -0.316 e. The molecule has 6 nitrogen and oxygen atoms in total. The van der Waals surface area contributed by atoms with Crippen molar-refractivity contribution in [1.82, 2.24) is 10.0 Å². The Hall–Kier alpha value is -1.15. The Kier molecular flexibility index (Phi) is 5.67. The van der Waals surface area contributed by atoms with Gasteiger partial charge in [-0.2, -0.15) is 0 Å². The first-order valence-electron chi connectivity index (χ1n) is 7.61. The molecule has 23 heavy (non-hydrogen) atoms. The molecule has 2 aliphatic rings. The lowest BCUT2D eigenvalue weighted by Gasteiger charge is -2.27. The summed E-state index contributed by atoms with van der Waals surface area (Å²) in [6.45, 7) is 2.34. The number of fused-ring (bicyclic) bond motifs is 1. The Labute approximate surface area is 143 Å². The summed E-state index contributed by atoms with van der Waals surface area (Å²) in [5.41, 5.74) is 1.78. The van der Waals surface area contributed by atoms with E-state index in [2.05, 4.69) is 10.0 Å². The van der Waals surface area contributed by atoms with Crippen LogP contribution in [0.2, 0.25) is 0 Å². The lowest BCUT2D eigenvalue weighted by molar-refractivity contribution is -0.122. The SMILES string of the molecule is CNS(=O)(=O)c1ccc2c(c1)CCN2C(=O)C1CCCNC1.Cl. The van der Waals surface area contributed by atoms with Gasteiger partial charge in [0.1, 0.15) is 0 Å². The topological polar surface area (TPSA) is 78.5 Å². The van der Waals surface area contributed by atoms with E-state index in [-0.39, 0.29) is 29.1 Å². The zero-order valence-electron chi connectivity index (χ0n) is 13.0. The van der Waals surface area contributed by atoms with E-state index in [0.717, 1.165) is 37.2 Å². The van der Waals surface area contributed by atoms with Gasteiger partial charge in [-0.15, -0.1) is 12.4 Å². The fourth-order valence-corrected chi connectivity index (χ4v) is 3.96. The van der Waals surface area contributed by atoms with E-state index in [0.29, 0.717) is 13.0 Å². The summed E-state index contributed by atoms with van der Waals surface area (Å²) in [6, 6.07) is 4.99. The second-order valence-electron chi connectivity index (χ2n) is 5.78. The Morgan fingerprint density at radius 2 is 2.17 bits per heavy atom. The highest BCUT2D eigenvalue weighted by Crippen LogP contribution is 2.32. The predicted octanol–water partition coefficient (Wildman–Crippen LogP) is 0.905. The van der Waals surface area contributed by atoms with Gasteiger partial charge in [0.15, 0.2) is 0 Å². The molecule has 1 amide bonds. The Bertz CT molecular complexity index is 687. The van der Waals surface area contributed by atoms with Crippen LogP contribution in [0.1, 0.15) is 18.4 Å². The summed E-state index contributed by atoms with van der Waals surface area (Å²) in [6.07, 6.45) is 2.65. The third-order valence-corrected chi connectivity index (χ3v) is 5.85. The van der Waals surface area contributed by atoms with Crippen molar-refractivity contribution in [2.75, 3.05) is 31.6 Å². The molecule has 8 heteroatoms. The van der Waals surface area contributed by atoms with Crippen molar-refractivity contribution < 1.29 is 13.2 Å². The van der Waals surface area contributed by atoms with Crippen LogP contribution in [0.25, 0.3) is 0 Å². The number of amides is 1. The van der Waals surface area contributed by atoms with Crippen molar-refractivity contribution in [3.05, 3.63) is 23.8 Å². The quantitative estimate of drug-likeness (QED) is 0.840. The molecule has 0 radical (unpaired) electrons. The van der Waals surface area contributed by atoms with Crippen LogP contribution in [0.4, 0.5) is 5.69 Å². The van der Waals surface area contributed by atoms with Crippen molar-refractivity contribution in [2.45, 2.75) is 24.2 Å². The van der Waals surface area contributed by atoms with Crippen LogP contribution in [0, 0.1) is 5.92 Å². The number of benzene rings is 1. The summed E-state index contributed by atoms with van der Waals surface area (Å²) >= 11 is 0. The maximum Gasteiger partial charge on any atom is 0.240 e. The predicted molar refractivity (Wildman–Crippen MR) is 91.6 cm³/mol. The molecule has 0 saturated carbocycles. The van der Waals surface area contributed by atoms with Crippen molar-refractivity contribution in [1.29, 1.82) is 0 Å². The normalized spacial score (nSPS) is 20.7. The molecule has 1 fully saturated rings. The van der Waals surface area contributed by atoms with Crippen LogP contribution < -0.4 is 14.9 Å². The molecule has 2 heterocycles. The van der Waals surface area contributed by atoms with Crippen LogP contribution in [-0.2, 0) is 21.2 Å². The lowest BCUT2D eigenvalue weighted by Crippen LogP contribution is -2.42. The van der Waals surface area contributed by atoms with Crippen LogP contribution in [-0.4, -0.2) is 41.0 Å². The largest absolute Gasteiger partial charge is 0.316 e. The van der Waals surface area contributed by atoms with Crippen molar-refractivity contribution >= 4 is 34.0 Å². The minimum absolute atomic E-state index is 0. The summed E-state index contributed by atoms with van der Waals surface area (Å²) in [4.78, 5) is 14.7.